The third kappa shape index (κ3) is 5.60. The first-order chi connectivity index (χ1) is 12.7. The van der Waals surface area contributed by atoms with Gasteiger partial charge in [0.2, 0.25) is 11.0 Å². The Morgan fingerprint density at radius 2 is 2.08 bits per heavy atom. The average molecular weight is 393 g/mol. The summed E-state index contributed by atoms with van der Waals surface area (Å²) in [5.41, 5.74) is 0.858. The zero-order valence-electron chi connectivity index (χ0n) is 14.9. The highest BCUT2D eigenvalue weighted by atomic mass is 32.2. The maximum atomic E-state index is 12.1. The normalized spacial score (nSPS) is 14.8. The number of nitrogens with zero attached hydrogens (tertiary/aromatic N) is 2. The molecule has 26 heavy (non-hydrogen) atoms. The summed E-state index contributed by atoms with van der Waals surface area (Å²) < 4.78 is 6.38. The van der Waals surface area contributed by atoms with Crippen molar-refractivity contribution in [3.8, 4) is 5.75 Å². The number of hydrogen-bond donors (Lipinski definition) is 2. The molecule has 1 aromatic carbocycles. The molecule has 1 aliphatic rings. The van der Waals surface area contributed by atoms with E-state index in [1.54, 1.807) is 0 Å². The van der Waals surface area contributed by atoms with Gasteiger partial charge in [-0.3, -0.25) is 4.79 Å². The molecule has 0 atom stereocenters. The molecular formula is C18H24N4O2S2. The van der Waals surface area contributed by atoms with Crippen molar-refractivity contribution < 1.29 is 9.53 Å². The second kappa shape index (κ2) is 9.78. The van der Waals surface area contributed by atoms with Crippen LogP contribution in [-0.4, -0.2) is 34.5 Å². The number of para-hydroxylation sites is 2. The van der Waals surface area contributed by atoms with Gasteiger partial charge >= 0.3 is 0 Å². The lowest BCUT2D eigenvalue weighted by atomic mass is 9.95. The molecule has 0 bridgehead atoms. The molecule has 3 rings (SSSR count). The number of hydrogen-bond acceptors (Lipinski definition) is 7. The Hall–Kier alpha value is -1.80. The summed E-state index contributed by atoms with van der Waals surface area (Å²) in [5.74, 6) is 1.24. The van der Waals surface area contributed by atoms with E-state index >= 15 is 0 Å². The number of anilines is 2. The minimum absolute atomic E-state index is 0.0771. The van der Waals surface area contributed by atoms with Crippen molar-refractivity contribution >= 4 is 39.8 Å². The van der Waals surface area contributed by atoms with Crippen LogP contribution in [0, 0.1) is 0 Å². The van der Waals surface area contributed by atoms with Crippen LogP contribution >= 0.6 is 23.1 Å². The SMILES string of the molecule is CCOc1ccccc1Nc1nnc(SCC(=O)NC2CCCCC2)s1. The molecule has 2 N–H and O–H groups in total. The first kappa shape index (κ1) is 19.0. The van der Waals surface area contributed by atoms with Crippen molar-refractivity contribution in [1.29, 1.82) is 0 Å². The highest BCUT2D eigenvalue weighted by Crippen LogP contribution is 2.31. The maximum absolute atomic E-state index is 12.1. The molecule has 140 valence electrons. The maximum Gasteiger partial charge on any atom is 0.230 e. The van der Waals surface area contributed by atoms with Crippen LogP contribution < -0.4 is 15.4 Å². The Morgan fingerprint density at radius 3 is 2.88 bits per heavy atom. The van der Waals surface area contributed by atoms with Crippen molar-refractivity contribution in [2.45, 2.75) is 49.4 Å². The largest absolute Gasteiger partial charge is 0.492 e. The van der Waals surface area contributed by atoms with E-state index < -0.39 is 0 Å². The summed E-state index contributed by atoms with van der Waals surface area (Å²) in [4.78, 5) is 12.1. The van der Waals surface area contributed by atoms with Gasteiger partial charge in [-0.15, -0.1) is 10.2 Å². The molecule has 1 amide bonds. The summed E-state index contributed by atoms with van der Waals surface area (Å²) in [6.45, 7) is 2.56. The Morgan fingerprint density at radius 1 is 1.27 bits per heavy atom. The van der Waals surface area contributed by atoms with Crippen LogP contribution in [0.25, 0.3) is 0 Å². The molecule has 1 fully saturated rings. The second-order valence-corrected chi connectivity index (χ2v) is 8.32. The van der Waals surface area contributed by atoms with E-state index in [9.17, 15) is 4.79 Å². The van der Waals surface area contributed by atoms with Crippen molar-refractivity contribution in [2.24, 2.45) is 0 Å². The molecule has 0 spiro atoms. The quantitative estimate of drug-likeness (QED) is 0.655. The van der Waals surface area contributed by atoms with Crippen LogP contribution in [0.2, 0.25) is 0 Å². The first-order valence-corrected chi connectivity index (χ1v) is 10.8. The number of carbonyl (C=O) groups is 1. The smallest absolute Gasteiger partial charge is 0.230 e. The zero-order valence-corrected chi connectivity index (χ0v) is 16.5. The van der Waals surface area contributed by atoms with Gasteiger partial charge in [-0.2, -0.15) is 0 Å². The number of rotatable bonds is 8. The standard InChI is InChI=1S/C18H24N4O2S2/c1-2-24-15-11-7-6-10-14(15)20-17-21-22-18(26-17)25-12-16(23)19-13-8-4-3-5-9-13/h6-7,10-11,13H,2-5,8-9,12H2,1H3,(H,19,23)(H,20,21). The van der Waals surface area contributed by atoms with E-state index in [2.05, 4.69) is 20.8 Å². The highest BCUT2D eigenvalue weighted by molar-refractivity contribution is 8.01. The number of amides is 1. The van der Waals surface area contributed by atoms with Crippen LogP contribution in [0.5, 0.6) is 5.75 Å². The van der Waals surface area contributed by atoms with Gasteiger partial charge in [0.1, 0.15) is 5.75 Å². The van der Waals surface area contributed by atoms with Crippen LogP contribution in [0.3, 0.4) is 0 Å². The molecule has 0 radical (unpaired) electrons. The van der Waals surface area contributed by atoms with Gasteiger partial charge in [0.05, 0.1) is 18.0 Å². The fourth-order valence-corrected chi connectivity index (χ4v) is 4.50. The van der Waals surface area contributed by atoms with Crippen molar-refractivity contribution in [2.75, 3.05) is 17.7 Å². The summed E-state index contributed by atoms with van der Waals surface area (Å²) in [6.07, 6.45) is 5.92. The minimum atomic E-state index is 0.0771. The third-order valence-electron chi connectivity index (χ3n) is 4.13. The van der Waals surface area contributed by atoms with Crippen LogP contribution in [0.1, 0.15) is 39.0 Å². The third-order valence-corrected chi connectivity index (χ3v) is 6.10. The van der Waals surface area contributed by atoms with Gasteiger partial charge in [0, 0.05) is 6.04 Å². The van der Waals surface area contributed by atoms with E-state index in [0.29, 0.717) is 23.5 Å². The number of carbonyl (C=O) groups excluding carboxylic acids is 1. The lowest BCUT2D eigenvalue weighted by Gasteiger charge is -2.22. The molecule has 1 aliphatic carbocycles. The van der Waals surface area contributed by atoms with E-state index in [-0.39, 0.29) is 5.91 Å². The van der Waals surface area contributed by atoms with Gasteiger partial charge in [-0.1, -0.05) is 54.5 Å². The van der Waals surface area contributed by atoms with E-state index in [4.69, 9.17) is 4.74 Å². The summed E-state index contributed by atoms with van der Waals surface area (Å²) >= 11 is 2.86. The Labute approximate surface area is 162 Å². The van der Waals surface area contributed by atoms with Crippen molar-refractivity contribution in [1.82, 2.24) is 15.5 Å². The molecule has 2 aromatic rings. The van der Waals surface area contributed by atoms with Crippen molar-refractivity contribution in [3.63, 3.8) is 0 Å². The average Bonchev–Trinajstić information content (AvgIpc) is 3.10. The minimum Gasteiger partial charge on any atom is -0.492 e. The molecule has 8 heteroatoms. The van der Waals surface area contributed by atoms with Gasteiger partial charge in [0.25, 0.3) is 0 Å². The number of benzene rings is 1. The molecule has 6 nitrogen and oxygen atoms in total. The fourth-order valence-electron chi connectivity index (χ4n) is 2.93. The predicted octanol–water partition coefficient (Wildman–Crippen LogP) is 4.22. The monoisotopic (exact) mass is 392 g/mol. The molecule has 0 saturated heterocycles. The number of thioether (sulfide) groups is 1. The molecular weight excluding hydrogens is 368 g/mol. The number of ether oxygens (including phenoxy) is 1. The molecule has 1 heterocycles. The Bertz CT molecular complexity index is 717. The molecule has 1 saturated carbocycles. The lowest BCUT2D eigenvalue weighted by Crippen LogP contribution is -2.37. The van der Waals surface area contributed by atoms with Gasteiger partial charge in [0.15, 0.2) is 4.34 Å². The summed E-state index contributed by atoms with van der Waals surface area (Å²) in [6, 6.07) is 8.08. The molecule has 0 aliphatic heterocycles. The molecule has 0 unspecified atom stereocenters. The Kier molecular flexibility index (Phi) is 7.13. The van der Waals surface area contributed by atoms with Gasteiger partial charge in [-0.05, 0) is 31.9 Å². The van der Waals surface area contributed by atoms with Crippen molar-refractivity contribution in [3.05, 3.63) is 24.3 Å². The Balaban J connectivity index is 1.49. The molecule has 1 aromatic heterocycles. The summed E-state index contributed by atoms with van der Waals surface area (Å²) in [5, 5.41) is 15.4. The van der Waals surface area contributed by atoms with Crippen LogP contribution in [0.4, 0.5) is 10.8 Å². The zero-order chi connectivity index (χ0) is 18.2. The van der Waals surface area contributed by atoms with Crippen LogP contribution in [-0.2, 0) is 4.79 Å². The lowest BCUT2D eigenvalue weighted by molar-refractivity contribution is -0.119. The van der Waals surface area contributed by atoms with E-state index in [0.717, 1.165) is 28.6 Å². The van der Waals surface area contributed by atoms with E-state index in [1.807, 2.05) is 31.2 Å². The first-order valence-electron chi connectivity index (χ1n) is 8.99. The van der Waals surface area contributed by atoms with Crippen LogP contribution in [0.15, 0.2) is 28.6 Å². The predicted molar refractivity (Wildman–Crippen MR) is 107 cm³/mol. The number of aromatic nitrogens is 2. The van der Waals surface area contributed by atoms with E-state index in [1.165, 1.54) is 42.4 Å². The highest BCUT2D eigenvalue weighted by Gasteiger charge is 2.16. The van der Waals surface area contributed by atoms with Gasteiger partial charge < -0.3 is 15.4 Å². The number of nitrogens with one attached hydrogen (secondary N) is 2. The summed E-state index contributed by atoms with van der Waals surface area (Å²) in [7, 11) is 0. The topological polar surface area (TPSA) is 76.1 Å². The fraction of sp³-hybridized carbons (Fsp3) is 0.500. The second-order valence-electron chi connectivity index (χ2n) is 6.12. The van der Waals surface area contributed by atoms with Gasteiger partial charge in [-0.25, -0.2) is 0 Å².